The maximum atomic E-state index is 13.6. The van der Waals surface area contributed by atoms with Crippen LogP contribution in [-0.2, 0) is 9.53 Å². The van der Waals surface area contributed by atoms with Crippen molar-refractivity contribution in [2.75, 3.05) is 5.32 Å². The van der Waals surface area contributed by atoms with E-state index in [4.69, 9.17) is 9.15 Å². The molecule has 5 nitrogen and oxygen atoms in total. The molecule has 0 radical (unpaired) electrons. The largest absolute Gasteiger partial charge is 0.457 e. The molecule has 0 saturated heterocycles. The van der Waals surface area contributed by atoms with Gasteiger partial charge in [-0.2, -0.15) is 0 Å². The quantitative estimate of drug-likeness (QED) is 0.675. The second-order valence-electron chi connectivity index (χ2n) is 5.66. The average molecular weight is 371 g/mol. The first-order chi connectivity index (χ1) is 13.0. The number of para-hydroxylation sites is 1. The molecule has 3 aromatic rings. The van der Waals surface area contributed by atoms with Gasteiger partial charge in [0.05, 0.1) is 6.26 Å². The number of benzene rings is 2. The molecule has 2 aromatic carbocycles. The molecule has 1 heterocycles. The zero-order chi connectivity index (χ0) is 19.4. The van der Waals surface area contributed by atoms with Crippen molar-refractivity contribution in [2.45, 2.75) is 13.0 Å². The van der Waals surface area contributed by atoms with Crippen molar-refractivity contribution < 1.29 is 27.5 Å². The van der Waals surface area contributed by atoms with Crippen LogP contribution in [0.15, 0.2) is 65.3 Å². The highest BCUT2D eigenvalue weighted by molar-refractivity contribution is 5.99. The van der Waals surface area contributed by atoms with Crippen LogP contribution in [0.4, 0.5) is 14.5 Å². The number of hydrogen-bond donors (Lipinski definition) is 1. The average Bonchev–Trinajstić information content (AvgIpc) is 3.15. The maximum absolute atomic E-state index is 13.6. The fourth-order valence-electron chi connectivity index (χ4n) is 2.42. The van der Waals surface area contributed by atoms with Gasteiger partial charge in [-0.05, 0) is 30.7 Å². The Hall–Kier alpha value is -3.48. The van der Waals surface area contributed by atoms with Crippen LogP contribution in [0.5, 0.6) is 0 Å². The van der Waals surface area contributed by atoms with E-state index >= 15 is 0 Å². The number of amides is 1. The van der Waals surface area contributed by atoms with Crippen molar-refractivity contribution in [3.05, 3.63) is 78.3 Å². The summed E-state index contributed by atoms with van der Waals surface area (Å²) >= 11 is 0. The van der Waals surface area contributed by atoms with Gasteiger partial charge in [-0.1, -0.05) is 36.4 Å². The van der Waals surface area contributed by atoms with Crippen molar-refractivity contribution in [2.24, 2.45) is 0 Å². The van der Waals surface area contributed by atoms with Crippen LogP contribution >= 0.6 is 0 Å². The Kier molecular flexibility index (Phi) is 5.30. The zero-order valence-corrected chi connectivity index (χ0v) is 14.2. The highest BCUT2D eigenvalue weighted by atomic mass is 19.1. The van der Waals surface area contributed by atoms with Crippen molar-refractivity contribution >= 4 is 17.6 Å². The third kappa shape index (κ3) is 4.03. The van der Waals surface area contributed by atoms with Gasteiger partial charge in [0.25, 0.3) is 5.91 Å². The molecule has 1 amide bonds. The second-order valence-corrected chi connectivity index (χ2v) is 5.66. The third-order valence-corrected chi connectivity index (χ3v) is 3.80. The van der Waals surface area contributed by atoms with E-state index < -0.39 is 35.3 Å². The summed E-state index contributed by atoms with van der Waals surface area (Å²) < 4.78 is 37.5. The lowest BCUT2D eigenvalue weighted by Gasteiger charge is -2.14. The standard InChI is InChI=1S/C20H15F2NO4/c1-12(19(24)23-17-15(21)8-5-9-16(17)22)27-20(25)18-14(10-11-26-18)13-6-3-2-4-7-13/h2-12H,1H3,(H,23,24). The van der Waals surface area contributed by atoms with E-state index in [1.165, 1.54) is 19.3 Å². The van der Waals surface area contributed by atoms with Gasteiger partial charge in [-0.15, -0.1) is 0 Å². The summed E-state index contributed by atoms with van der Waals surface area (Å²) in [6.45, 7) is 1.29. The van der Waals surface area contributed by atoms with E-state index in [1.54, 1.807) is 30.3 Å². The minimum Gasteiger partial charge on any atom is -0.457 e. The maximum Gasteiger partial charge on any atom is 0.375 e. The van der Waals surface area contributed by atoms with E-state index in [0.29, 0.717) is 5.56 Å². The van der Waals surface area contributed by atoms with Crippen LogP contribution in [-0.4, -0.2) is 18.0 Å². The minimum absolute atomic E-state index is 0.0714. The number of rotatable bonds is 5. The first-order valence-corrected chi connectivity index (χ1v) is 8.06. The van der Waals surface area contributed by atoms with Gasteiger partial charge in [0.15, 0.2) is 6.10 Å². The molecule has 0 bridgehead atoms. The van der Waals surface area contributed by atoms with Crippen molar-refractivity contribution in [1.82, 2.24) is 0 Å². The first-order valence-electron chi connectivity index (χ1n) is 8.06. The highest BCUT2D eigenvalue weighted by Crippen LogP contribution is 2.26. The molecule has 1 aromatic heterocycles. The van der Waals surface area contributed by atoms with Gasteiger partial charge in [0, 0.05) is 5.56 Å². The van der Waals surface area contributed by atoms with Crippen molar-refractivity contribution in [3.63, 3.8) is 0 Å². The normalized spacial score (nSPS) is 11.7. The summed E-state index contributed by atoms with van der Waals surface area (Å²) in [6, 6.07) is 13.8. The lowest BCUT2D eigenvalue weighted by molar-refractivity contribution is -0.123. The summed E-state index contributed by atoms with van der Waals surface area (Å²) in [5.41, 5.74) is 0.644. The van der Waals surface area contributed by atoms with Crippen LogP contribution in [0, 0.1) is 11.6 Å². The fourth-order valence-corrected chi connectivity index (χ4v) is 2.42. The molecule has 1 unspecified atom stereocenters. The van der Waals surface area contributed by atoms with E-state index in [9.17, 15) is 18.4 Å². The van der Waals surface area contributed by atoms with E-state index in [-0.39, 0.29) is 5.76 Å². The monoisotopic (exact) mass is 371 g/mol. The number of anilines is 1. The summed E-state index contributed by atoms with van der Waals surface area (Å²) in [5, 5.41) is 2.08. The molecule has 0 spiro atoms. The van der Waals surface area contributed by atoms with Gasteiger partial charge in [-0.25, -0.2) is 13.6 Å². The van der Waals surface area contributed by atoms with Gasteiger partial charge in [0.1, 0.15) is 17.3 Å². The van der Waals surface area contributed by atoms with Gasteiger partial charge >= 0.3 is 5.97 Å². The Bertz CT molecular complexity index is 949. The molecule has 27 heavy (non-hydrogen) atoms. The number of carbonyl (C=O) groups is 2. The lowest BCUT2D eigenvalue weighted by Crippen LogP contribution is -2.30. The summed E-state index contributed by atoms with van der Waals surface area (Å²) in [4.78, 5) is 24.5. The molecule has 0 saturated carbocycles. The van der Waals surface area contributed by atoms with Crippen LogP contribution in [0.2, 0.25) is 0 Å². The van der Waals surface area contributed by atoms with Gasteiger partial charge in [0.2, 0.25) is 5.76 Å². The SMILES string of the molecule is CC(OC(=O)c1occc1-c1ccccc1)C(=O)Nc1c(F)cccc1F. The molecule has 0 fully saturated rings. The van der Waals surface area contributed by atoms with Crippen molar-refractivity contribution in [1.29, 1.82) is 0 Å². The summed E-state index contributed by atoms with van der Waals surface area (Å²) in [6.07, 6.45) is 0.0310. The first kappa shape index (κ1) is 18.3. The molecule has 0 aliphatic rings. The van der Waals surface area contributed by atoms with Crippen molar-refractivity contribution in [3.8, 4) is 11.1 Å². The Labute approximate surface area is 153 Å². The Morgan fingerprint density at radius 3 is 2.33 bits per heavy atom. The molecule has 7 heteroatoms. The van der Waals surface area contributed by atoms with Gasteiger partial charge in [-0.3, -0.25) is 4.79 Å². The third-order valence-electron chi connectivity index (χ3n) is 3.80. The van der Waals surface area contributed by atoms with E-state index in [0.717, 1.165) is 17.7 Å². The number of ether oxygens (including phenoxy) is 1. The second kappa shape index (κ2) is 7.82. The van der Waals surface area contributed by atoms with E-state index in [2.05, 4.69) is 5.32 Å². The van der Waals surface area contributed by atoms with Crippen LogP contribution in [0.1, 0.15) is 17.5 Å². The predicted octanol–water partition coefficient (Wildman–Crippen LogP) is 4.41. The number of nitrogens with one attached hydrogen (secondary N) is 1. The summed E-state index contributed by atoms with van der Waals surface area (Å²) in [7, 11) is 0. The Morgan fingerprint density at radius 1 is 1.00 bits per heavy atom. The van der Waals surface area contributed by atoms with E-state index in [1.807, 2.05) is 6.07 Å². The summed E-state index contributed by atoms with van der Waals surface area (Å²) in [5.74, 6) is -3.67. The molecule has 138 valence electrons. The zero-order valence-electron chi connectivity index (χ0n) is 14.2. The Balaban J connectivity index is 1.71. The van der Waals surface area contributed by atoms with Crippen LogP contribution in [0.3, 0.4) is 0 Å². The predicted molar refractivity (Wildman–Crippen MR) is 94.0 cm³/mol. The molecule has 1 N–H and O–H groups in total. The topological polar surface area (TPSA) is 68.5 Å². The van der Waals surface area contributed by atoms with Gasteiger partial charge < -0.3 is 14.5 Å². The highest BCUT2D eigenvalue weighted by Gasteiger charge is 2.25. The molecule has 3 rings (SSSR count). The molecular weight excluding hydrogens is 356 g/mol. The smallest absolute Gasteiger partial charge is 0.375 e. The fraction of sp³-hybridized carbons (Fsp3) is 0.100. The molecular formula is C20H15F2NO4. The minimum atomic E-state index is -1.30. The number of esters is 1. The number of carbonyl (C=O) groups excluding carboxylic acids is 2. The number of hydrogen-bond acceptors (Lipinski definition) is 4. The number of furan rings is 1. The Morgan fingerprint density at radius 2 is 1.67 bits per heavy atom. The van der Waals surface area contributed by atoms with Crippen LogP contribution < -0.4 is 5.32 Å². The number of halogens is 2. The van der Waals surface area contributed by atoms with Crippen LogP contribution in [0.25, 0.3) is 11.1 Å². The molecule has 1 atom stereocenters. The lowest BCUT2D eigenvalue weighted by atomic mass is 10.1. The molecule has 0 aliphatic heterocycles. The molecule has 0 aliphatic carbocycles.